The van der Waals surface area contributed by atoms with Gasteiger partial charge in [0.15, 0.2) is 0 Å². The van der Waals surface area contributed by atoms with Crippen LogP contribution in [0.1, 0.15) is 21.4 Å². The van der Waals surface area contributed by atoms with Gasteiger partial charge in [-0.15, -0.1) is 11.3 Å². The fourth-order valence-corrected chi connectivity index (χ4v) is 3.03. The lowest BCUT2D eigenvalue weighted by atomic mass is 10.1. The molecule has 1 nitrogen and oxygen atoms in total. The van der Waals surface area contributed by atoms with Crippen LogP contribution in [-0.2, 0) is 0 Å². The Labute approximate surface area is 106 Å². The van der Waals surface area contributed by atoms with Crippen molar-refractivity contribution in [2.45, 2.75) is 13.0 Å². The van der Waals surface area contributed by atoms with Gasteiger partial charge in [-0.3, -0.25) is 0 Å². The molecule has 0 saturated heterocycles. The van der Waals surface area contributed by atoms with E-state index in [9.17, 15) is 9.50 Å². The van der Waals surface area contributed by atoms with Crippen molar-refractivity contribution in [2.24, 2.45) is 0 Å². The second-order valence-corrected chi connectivity index (χ2v) is 5.65. The molecule has 1 N–H and O–H groups in total. The second-order valence-electron chi connectivity index (χ2n) is 3.51. The van der Waals surface area contributed by atoms with Gasteiger partial charge in [-0.1, -0.05) is 12.1 Å². The molecule has 0 saturated carbocycles. The SMILES string of the molecule is Cc1sc(C(O)c2cccc(F)c2)cc1Br. The molecule has 1 aromatic carbocycles. The Hall–Kier alpha value is -0.710. The van der Waals surface area contributed by atoms with Gasteiger partial charge in [0, 0.05) is 14.2 Å². The van der Waals surface area contributed by atoms with E-state index in [0.717, 1.165) is 14.2 Å². The van der Waals surface area contributed by atoms with Gasteiger partial charge < -0.3 is 5.11 Å². The van der Waals surface area contributed by atoms with Crippen LogP contribution in [-0.4, -0.2) is 5.11 Å². The van der Waals surface area contributed by atoms with Gasteiger partial charge in [-0.25, -0.2) is 4.39 Å². The van der Waals surface area contributed by atoms with E-state index in [0.29, 0.717) is 5.56 Å². The number of rotatable bonds is 2. The number of aryl methyl sites for hydroxylation is 1. The zero-order valence-electron chi connectivity index (χ0n) is 8.58. The summed E-state index contributed by atoms with van der Waals surface area (Å²) in [5, 5.41) is 10.1. The van der Waals surface area contributed by atoms with Crippen molar-refractivity contribution >= 4 is 27.3 Å². The molecule has 84 valence electrons. The lowest BCUT2D eigenvalue weighted by molar-refractivity contribution is 0.223. The molecule has 0 spiro atoms. The van der Waals surface area contributed by atoms with E-state index in [-0.39, 0.29) is 5.82 Å². The fraction of sp³-hybridized carbons (Fsp3) is 0.167. The topological polar surface area (TPSA) is 20.2 Å². The number of hydrogen-bond acceptors (Lipinski definition) is 2. The minimum absolute atomic E-state index is 0.330. The number of benzene rings is 1. The maximum atomic E-state index is 13.0. The van der Waals surface area contributed by atoms with Crippen LogP contribution >= 0.6 is 27.3 Å². The van der Waals surface area contributed by atoms with Crippen LogP contribution in [0.25, 0.3) is 0 Å². The molecule has 1 atom stereocenters. The lowest BCUT2D eigenvalue weighted by Crippen LogP contribution is -1.97. The third kappa shape index (κ3) is 2.34. The highest BCUT2D eigenvalue weighted by Gasteiger charge is 2.14. The Morgan fingerprint density at radius 2 is 2.12 bits per heavy atom. The summed E-state index contributed by atoms with van der Waals surface area (Å²) in [4.78, 5) is 1.92. The van der Waals surface area contributed by atoms with E-state index in [1.807, 2.05) is 13.0 Å². The maximum absolute atomic E-state index is 13.0. The molecular weight excluding hydrogens is 291 g/mol. The van der Waals surface area contributed by atoms with Crippen molar-refractivity contribution in [3.63, 3.8) is 0 Å². The third-order valence-corrected chi connectivity index (χ3v) is 4.50. The van der Waals surface area contributed by atoms with Gasteiger partial charge in [0.1, 0.15) is 11.9 Å². The van der Waals surface area contributed by atoms with E-state index in [4.69, 9.17) is 0 Å². The molecule has 2 rings (SSSR count). The van der Waals surface area contributed by atoms with Crippen LogP contribution in [0.15, 0.2) is 34.8 Å². The quantitative estimate of drug-likeness (QED) is 0.887. The summed E-state index contributed by atoms with van der Waals surface area (Å²) in [6.45, 7) is 1.97. The predicted octanol–water partition coefficient (Wildman–Crippen LogP) is 4.04. The molecule has 0 aliphatic carbocycles. The zero-order valence-corrected chi connectivity index (χ0v) is 11.0. The molecule has 0 aliphatic rings. The minimum Gasteiger partial charge on any atom is -0.383 e. The molecule has 16 heavy (non-hydrogen) atoms. The largest absolute Gasteiger partial charge is 0.383 e. The number of halogens is 2. The monoisotopic (exact) mass is 300 g/mol. The first-order valence-electron chi connectivity index (χ1n) is 4.77. The van der Waals surface area contributed by atoms with E-state index >= 15 is 0 Å². The molecule has 0 aliphatic heterocycles. The molecule has 1 unspecified atom stereocenters. The lowest BCUT2D eigenvalue weighted by Gasteiger charge is -2.08. The molecule has 1 aromatic heterocycles. The van der Waals surface area contributed by atoms with Crippen molar-refractivity contribution in [3.05, 3.63) is 55.9 Å². The van der Waals surface area contributed by atoms with Gasteiger partial charge in [0.05, 0.1) is 0 Å². The van der Waals surface area contributed by atoms with Gasteiger partial charge in [0.2, 0.25) is 0 Å². The molecule has 2 aromatic rings. The van der Waals surface area contributed by atoms with Crippen LogP contribution in [0, 0.1) is 12.7 Å². The summed E-state index contributed by atoms with van der Waals surface area (Å²) in [5.74, 6) is -0.330. The molecular formula is C12H10BrFOS. The Kier molecular flexibility index (Phi) is 3.42. The fourth-order valence-electron chi connectivity index (χ4n) is 1.46. The second kappa shape index (κ2) is 4.65. The highest BCUT2D eigenvalue weighted by molar-refractivity contribution is 9.10. The molecule has 0 radical (unpaired) electrons. The van der Waals surface area contributed by atoms with Crippen LogP contribution in [0.4, 0.5) is 4.39 Å². The van der Waals surface area contributed by atoms with E-state index in [1.54, 1.807) is 12.1 Å². The Bertz CT molecular complexity index is 490. The first-order valence-corrected chi connectivity index (χ1v) is 6.38. The molecule has 0 amide bonds. The van der Waals surface area contributed by atoms with Crippen molar-refractivity contribution < 1.29 is 9.50 Å². The van der Waals surface area contributed by atoms with Gasteiger partial charge in [-0.2, -0.15) is 0 Å². The average molecular weight is 301 g/mol. The summed E-state index contributed by atoms with van der Waals surface area (Å²) < 4.78 is 14.0. The Morgan fingerprint density at radius 3 is 2.69 bits per heavy atom. The summed E-state index contributed by atoms with van der Waals surface area (Å²) in [7, 11) is 0. The maximum Gasteiger partial charge on any atom is 0.123 e. The first-order chi connectivity index (χ1) is 7.58. The number of hydrogen-bond donors (Lipinski definition) is 1. The highest BCUT2D eigenvalue weighted by atomic mass is 79.9. The highest BCUT2D eigenvalue weighted by Crippen LogP contribution is 2.33. The van der Waals surface area contributed by atoms with E-state index in [2.05, 4.69) is 15.9 Å². The van der Waals surface area contributed by atoms with Crippen LogP contribution in [0.2, 0.25) is 0 Å². The van der Waals surface area contributed by atoms with Crippen LogP contribution in [0.3, 0.4) is 0 Å². The Balaban J connectivity index is 2.35. The number of aliphatic hydroxyl groups is 1. The molecule has 4 heteroatoms. The minimum atomic E-state index is -0.759. The smallest absolute Gasteiger partial charge is 0.123 e. The molecule has 1 heterocycles. The van der Waals surface area contributed by atoms with Crippen molar-refractivity contribution in [1.82, 2.24) is 0 Å². The van der Waals surface area contributed by atoms with Crippen LogP contribution in [0.5, 0.6) is 0 Å². The number of aliphatic hydroxyl groups excluding tert-OH is 1. The average Bonchev–Trinajstić information content (AvgIpc) is 2.58. The Morgan fingerprint density at radius 1 is 1.38 bits per heavy atom. The molecule has 0 fully saturated rings. The standard InChI is InChI=1S/C12H10BrFOS/c1-7-10(13)6-11(16-7)12(15)8-3-2-4-9(14)5-8/h2-6,12,15H,1H3. The predicted molar refractivity (Wildman–Crippen MR) is 67.2 cm³/mol. The van der Waals surface area contributed by atoms with Crippen molar-refractivity contribution in [3.8, 4) is 0 Å². The third-order valence-electron chi connectivity index (χ3n) is 2.31. The normalized spacial score (nSPS) is 12.8. The van der Waals surface area contributed by atoms with Crippen LogP contribution < -0.4 is 0 Å². The number of thiophene rings is 1. The van der Waals surface area contributed by atoms with Crippen molar-refractivity contribution in [2.75, 3.05) is 0 Å². The summed E-state index contributed by atoms with van der Waals surface area (Å²) >= 11 is 4.90. The van der Waals surface area contributed by atoms with Gasteiger partial charge in [0.25, 0.3) is 0 Å². The van der Waals surface area contributed by atoms with Gasteiger partial charge >= 0.3 is 0 Å². The molecule has 0 bridgehead atoms. The van der Waals surface area contributed by atoms with E-state index in [1.165, 1.54) is 23.5 Å². The first kappa shape index (κ1) is 11.8. The summed E-state index contributed by atoms with van der Waals surface area (Å²) in [6.07, 6.45) is -0.759. The summed E-state index contributed by atoms with van der Waals surface area (Å²) in [6, 6.07) is 7.91. The zero-order chi connectivity index (χ0) is 11.7. The van der Waals surface area contributed by atoms with Gasteiger partial charge in [-0.05, 0) is 46.6 Å². The van der Waals surface area contributed by atoms with E-state index < -0.39 is 6.10 Å². The van der Waals surface area contributed by atoms with Crippen molar-refractivity contribution in [1.29, 1.82) is 0 Å². The summed E-state index contributed by atoms with van der Waals surface area (Å²) in [5.41, 5.74) is 0.578.